The van der Waals surface area contributed by atoms with Gasteiger partial charge >= 0.3 is 0 Å². The number of nitrogens with one attached hydrogen (secondary N) is 2. The molecule has 3 aromatic carbocycles. The molecule has 192 valence electrons. The normalized spacial score (nSPS) is 15.0. The Labute approximate surface area is 225 Å². The van der Waals surface area contributed by atoms with Crippen molar-refractivity contribution in [3.05, 3.63) is 94.5 Å². The summed E-state index contributed by atoms with van der Waals surface area (Å²) in [6.45, 7) is 1.21. The summed E-state index contributed by atoms with van der Waals surface area (Å²) in [5.41, 5.74) is 4.96. The lowest BCUT2D eigenvalue weighted by Crippen LogP contribution is -2.35. The predicted octanol–water partition coefficient (Wildman–Crippen LogP) is 5.07. The zero-order chi connectivity index (χ0) is 25.9. The maximum Gasteiger partial charge on any atom is 0.271 e. The largest absolute Gasteiger partial charge is 0.484 e. The van der Waals surface area contributed by atoms with Crippen molar-refractivity contribution in [2.24, 2.45) is 5.10 Å². The first-order chi connectivity index (χ1) is 18.0. The average molecular weight is 538 g/mol. The van der Waals surface area contributed by atoms with E-state index in [2.05, 4.69) is 15.8 Å². The van der Waals surface area contributed by atoms with Crippen molar-refractivity contribution in [1.82, 2.24) is 10.7 Å². The highest BCUT2D eigenvalue weighted by Crippen LogP contribution is 2.24. The minimum atomic E-state index is -0.290. The number of carbonyl (C=O) groups excluding carboxylic acids is 2. The van der Waals surface area contributed by atoms with Crippen LogP contribution in [0.5, 0.6) is 5.75 Å². The summed E-state index contributed by atoms with van der Waals surface area (Å²) in [7, 11) is 0. The summed E-state index contributed by atoms with van der Waals surface area (Å²) in [5, 5.41) is 7.57. The second-order valence-corrected chi connectivity index (χ2v) is 9.92. The van der Waals surface area contributed by atoms with Gasteiger partial charge in [-0.25, -0.2) is 5.43 Å². The second-order valence-electron chi connectivity index (χ2n) is 8.44. The number of halogens is 1. The first kappa shape index (κ1) is 26.7. The molecule has 0 spiro atoms. The van der Waals surface area contributed by atoms with Crippen LogP contribution in [0.3, 0.4) is 0 Å². The lowest BCUT2D eigenvalue weighted by atomic mass is 10.1. The van der Waals surface area contributed by atoms with Crippen LogP contribution >= 0.6 is 23.4 Å². The van der Waals surface area contributed by atoms with Crippen molar-refractivity contribution >= 4 is 41.4 Å². The summed E-state index contributed by atoms with van der Waals surface area (Å²) in [5.74, 6) is 0.892. The van der Waals surface area contributed by atoms with Crippen LogP contribution < -0.4 is 15.5 Å². The molecule has 1 saturated heterocycles. The quantitative estimate of drug-likeness (QED) is 0.202. The molecule has 1 atom stereocenters. The third-order valence-corrected chi connectivity index (χ3v) is 6.95. The van der Waals surface area contributed by atoms with E-state index in [4.69, 9.17) is 21.1 Å². The highest BCUT2D eigenvalue weighted by molar-refractivity contribution is 7.98. The Morgan fingerprint density at radius 3 is 2.51 bits per heavy atom. The highest BCUT2D eigenvalue weighted by Gasteiger charge is 2.16. The summed E-state index contributed by atoms with van der Waals surface area (Å²) in [6, 6.07) is 22.2. The molecule has 0 saturated carbocycles. The molecular formula is C28H28ClN3O4S. The lowest BCUT2D eigenvalue weighted by Gasteiger charge is -2.11. The van der Waals surface area contributed by atoms with Gasteiger partial charge in [-0.05, 0) is 84.6 Å². The van der Waals surface area contributed by atoms with Crippen molar-refractivity contribution in [1.29, 1.82) is 0 Å². The van der Waals surface area contributed by atoms with E-state index in [9.17, 15) is 9.59 Å². The molecule has 9 heteroatoms. The summed E-state index contributed by atoms with van der Waals surface area (Å²) >= 11 is 7.63. The third kappa shape index (κ3) is 8.93. The van der Waals surface area contributed by atoms with Crippen LogP contribution in [0, 0.1) is 0 Å². The first-order valence-corrected chi connectivity index (χ1v) is 13.3. The number of benzene rings is 3. The molecule has 1 aliphatic rings. The Bertz CT molecular complexity index is 1200. The monoisotopic (exact) mass is 537 g/mol. The Hall–Kier alpha value is -3.33. The first-order valence-electron chi connectivity index (χ1n) is 12.0. The smallest absolute Gasteiger partial charge is 0.271 e. The molecule has 0 unspecified atom stereocenters. The van der Waals surface area contributed by atoms with Crippen molar-refractivity contribution in [3.8, 4) is 5.75 Å². The minimum absolute atomic E-state index is 0.0607. The number of hydrogen-bond acceptors (Lipinski definition) is 6. The van der Waals surface area contributed by atoms with Gasteiger partial charge in [0.1, 0.15) is 5.75 Å². The lowest BCUT2D eigenvalue weighted by molar-refractivity contribution is -0.123. The summed E-state index contributed by atoms with van der Waals surface area (Å²) in [4.78, 5) is 25.4. The number of amides is 2. The molecule has 0 bridgehead atoms. The van der Waals surface area contributed by atoms with Crippen molar-refractivity contribution in [2.45, 2.75) is 29.6 Å². The highest BCUT2D eigenvalue weighted by atomic mass is 35.5. The Morgan fingerprint density at radius 2 is 1.81 bits per heavy atom. The topological polar surface area (TPSA) is 89.0 Å². The summed E-state index contributed by atoms with van der Waals surface area (Å²) in [6.07, 6.45) is 3.66. The maximum absolute atomic E-state index is 12.4. The van der Waals surface area contributed by atoms with Gasteiger partial charge in [0.25, 0.3) is 11.8 Å². The van der Waals surface area contributed by atoms with Crippen LogP contribution in [0.1, 0.15) is 34.3 Å². The number of hydrogen-bond donors (Lipinski definition) is 2. The van der Waals surface area contributed by atoms with E-state index in [-0.39, 0.29) is 24.5 Å². The van der Waals surface area contributed by atoms with Gasteiger partial charge in [-0.1, -0.05) is 23.7 Å². The molecule has 1 fully saturated rings. The Morgan fingerprint density at radius 1 is 1.05 bits per heavy atom. The zero-order valence-corrected chi connectivity index (χ0v) is 21.8. The van der Waals surface area contributed by atoms with Crippen LogP contribution in [0.2, 0.25) is 5.02 Å². The molecule has 3 aromatic rings. The van der Waals surface area contributed by atoms with Gasteiger partial charge in [0.2, 0.25) is 0 Å². The number of rotatable bonds is 11. The zero-order valence-electron chi connectivity index (χ0n) is 20.2. The van der Waals surface area contributed by atoms with E-state index >= 15 is 0 Å². The average Bonchev–Trinajstić information content (AvgIpc) is 3.45. The summed E-state index contributed by atoms with van der Waals surface area (Å²) < 4.78 is 11.0. The molecule has 1 aliphatic heterocycles. The molecule has 37 heavy (non-hydrogen) atoms. The van der Waals surface area contributed by atoms with Crippen LogP contribution in [0.25, 0.3) is 0 Å². The Kier molecular flexibility index (Phi) is 9.99. The fourth-order valence-corrected chi connectivity index (χ4v) is 4.54. The van der Waals surface area contributed by atoms with Crippen LogP contribution in [-0.2, 0) is 15.3 Å². The molecule has 7 nitrogen and oxygen atoms in total. The van der Waals surface area contributed by atoms with Crippen molar-refractivity contribution in [2.75, 3.05) is 19.8 Å². The molecule has 4 rings (SSSR count). The van der Waals surface area contributed by atoms with E-state index in [1.165, 1.54) is 0 Å². The SMILES string of the molecule is O=C(COc1ccc(/C=N\NC(=O)c2ccc(CSc3ccc(Cl)cc3)cc2)cc1)NC[C@H]1CCCO1. The maximum atomic E-state index is 12.4. The predicted molar refractivity (Wildman–Crippen MR) is 146 cm³/mol. The van der Waals surface area contributed by atoms with Gasteiger partial charge < -0.3 is 14.8 Å². The van der Waals surface area contributed by atoms with E-state index in [1.54, 1.807) is 54.4 Å². The van der Waals surface area contributed by atoms with Gasteiger partial charge in [-0.3, -0.25) is 9.59 Å². The van der Waals surface area contributed by atoms with E-state index < -0.39 is 0 Å². The van der Waals surface area contributed by atoms with Crippen LogP contribution in [-0.4, -0.2) is 43.9 Å². The van der Waals surface area contributed by atoms with E-state index in [0.29, 0.717) is 17.9 Å². The molecule has 1 heterocycles. The number of thioether (sulfide) groups is 1. The molecule has 2 N–H and O–H groups in total. The van der Waals surface area contributed by atoms with Gasteiger partial charge in [0, 0.05) is 34.4 Å². The standard InChI is InChI=1S/C28H28ClN3O4S/c29-23-9-13-26(14-10-23)37-19-21-3-7-22(8-4-21)28(34)32-31-16-20-5-11-24(12-6-20)36-18-27(33)30-17-25-2-1-15-35-25/h3-14,16,25H,1-2,15,17-19H2,(H,30,33)(H,32,34)/b31-16-/t25-/m1/s1. The number of hydrazone groups is 1. The fraction of sp³-hybridized carbons (Fsp3) is 0.250. The van der Waals surface area contributed by atoms with Gasteiger partial charge in [-0.15, -0.1) is 11.8 Å². The van der Waals surface area contributed by atoms with E-state index in [1.807, 2.05) is 36.4 Å². The molecule has 0 aliphatic carbocycles. The van der Waals surface area contributed by atoms with Gasteiger partial charge in [0.15, 0.2) is 6.61 Å². The van der Waals surface area contributed by atoms with E-state index in [0.717, 1.165) is 46.2 Å². The molecule has 0 aromatic heterocycles. The number of ether oxygens (including phenoxy) is 2. The van der Waals surface area contributed by atoms with Gasteiger partial charge in [-0.2, -0.15) is 5.10 Å². The van der Waals surface area contributed by atoms with Crippen molar-refractivity contribution in [3.63, 3.8) is 0 Å². The van der Waals surface area contributed by atoms with Crippen molar-refractivity contribution < 1.29 is 19.1 Å². The van der Waals surface area contributed by atoms with Gasteiger partial charge in [0.05, 0.1) is 12.3 Å². The second kappa shape index (κ2) is 13.8. The molecular weight excluding hydrogens is 510 g/mol. The number of carbonyl (C=O) groups is 2. The third-order valence-electron chi connectivity index (χ3n) is 5.62. The fourth-order valence-electron chi connectivity index (χ4n) is 3.56. The molecule has 2 amide bonds. The minimum Gasteiger partial charge on any atom is -0.484 e. The molecule has 0 radical (unpaired) electrons. The number of nitrogens with zero attached hydrogens (tertiary/aromatic N) is 1. The van der Waals surface area contributed by atoms with Crippen LogP contribution in [0.4, 0.5) is 0 Å². The van der Waals surface area contributed by atoms with Crippen LogP contribution in [0.15, 0.2) is 82.8 Å². The Balaban J connectivity index is 1.17.